The fourth-order valence-electron chi connectivity index (χ4n) is 3.58. The fraction of sp³-hybridized carbons (Fsp3) is 0.474. The molecule has 0 spiro atoms. The van der Waals surface area contributed by atoms with Crippen molar-refractivity contribution in [2.45, 2.75) is 31.2 Å². The van der Waals surface area contributed by atoms with Crippen molar-refractivity contribution in [1.82, 2.24) is 10.0 Å². The van der Waals surface area contributed by atoms with E-state index < -0.39 is 18.0 Å². The van der Waals surface area contributed by atoms with Gasteiger partial charge in [0.1, 0.15) is 6.04 Å². The van der Waals surface area contributed by atoms with Gasteiger partial charge in [-0.2, -0.15) is 16.5 Å². The van der Waals surface area contributed by atoms with Gasteiger partial charge in [0.25, 0.3) is 0 Å². The molecule has 4 N–H and O–H groups in total. The van der Waals surface area contributed by atoms with Gasteiger partial charge >= 0.3 is 11.9 Å². The number of aromatic nitrogens is 1. The Labute approximate surface area is 162 Å². The predicted molar refractivity (Wildman–Crippen MR) is 106 cm³/mol. The molecule has 0 aliphatic carbocycles. The number of rotatable bonds is 7. The molecule has 1 unspecified atom stereocenters. The molecule has 2 aromatic rings. The smallest absolute Gasteiger partial charge is 0.356 e. The van der Waals surface area contributed by atoms with E-state index in [0.717, 1.165) is 47.4 Å². The molecule has 146 valence electrons. The van der Waals surface area contributed by atoms with Crippen molar-refractivity contribution < 1.29 is 19.5 Å². The molecular formula is C19H25N3O4S. The Bertz CT molecular complexity index is 830. The second-order valence-electron chi connectivity index (χ2n) is 6.70. The number of hydrogen-bond acceptors (Lipinski definition) is 6. The summed E-state index contributed by atoms with van der Waals surface area (Å²) in [6.45, 7) is 1.67. The van der Waals surface area contributed by atoms with Crippen molar-refractivity contribution in [3.05, 3.63) is 35.5 Å². The quantitative estimate of drug-likeness (QED) is 0.661. The third-order valence-electron chi connectivity index (χ3n) is 4.94. The van der Waals surface area contributed by atoms with Gasteiger partial charge in [0.15, 0.2) is 5.69 Å². The van der Waals surface area contributed by atoms with E-state index in [1.165, 1.54) is 0 Å². The first-order valence-electron chi connectivity index (χ1n) is 9.08. The molecule has 0 bridgehead atoms. The SMILES string of the molecule is CSCCC(N)C(=O)On1c(C(=O)O)c(C2CCNCC2)c2ccccc21. The maximum Gasteiger partial charge on any atom is 0.356 e. The monoisotopic (exact) mass is 391 g/mol. The molecule has 1 atom stereocenters. The number of thioether (sulfide) groups is 1. The van der Waals surface area contributed by atoms with E-state index in [2.05, 4.69) is 5.32 Å². The topological polar surface area (TPSA) is 107 Å². The van der Waals surface area contributed by atoms with Crippen molar-refractivity contribution in [2.75, 3.05) is 25.1 Å². The van der Waals surface area contributed by atoms with Gasteiger partial charge in [0, 0.05) is 5.39 Å². The summed E-state index contributed by atoms with van der Waals surface area (Å²) in [5.41, 5.74) is 7.25. The molecular weight excluding hydrogens is 366 g/mol. The number of nitrogens with two attached hydrogens (primary N) is 1. The lowest BCUT2D eigenvalue weighted by molar-refractivity contribution is -0.145. The van der Waals surface area contributed by atoms with Crippen LogP contribution in [-0.4, -0.2) is 52.9 Å². The molecule has 3 rings (SSSR count). The van der Waals surface area contributed by atoms with Crippen LogP contribution in [0.15, 0.2) is 24.3 Å². The van der Waals surface area contributed by atoms with Crippen molar-refractivity contribution in [1.29, 1.82) is 0 Å². The summed E-state index contributed by atoms with van der Waals surface area (Å²) in [6, 6.07) is 6.54. The molecule has 1 fully saturated rings. The number of aromatic carboxylic acids is 1. The van der Waals surface area contributed by atoms with Gasteiger partial charge in [-0.3, -0.25) is 0 Å². The van der Waals surface area contributed by atoms with Crippen molar-refractivity contribution in [3.8, 4) is 0 Å². The second-order valence-corrected chi connectivity index (χ2v) is 7.69. The average Bonchev–Trinajstić information content (AvgIpc) is 3.01. The van der Waals surface area contributed by atoms with E-state index in [1.807, 2.05) is 18.4 Å². The van der Waals surface area contributed by atoms with Gasteiger partial charge in [-0.05, 0) is 61.9 Å². The number of benzene rings is 1. The number of nitrogens with one attached hydrogen (secondary N) is 1. The Morgan fingerprint density at radius 3 is 2.74 bits per heavy atom. The minimum Gasteiger partial charge on any atom is -0.476 e. The Hall–Kier alpha value is -2.03. The van der Waals surface area contributed by atoms with Crippen LogP contribution in [0, 0.1) is 0 Å². The van der Waals surface area contributed by atoms with E-state index in [-0.39, 0.29) is 11.6 Å². The molecule has 7 nitrogen and oxygen atoms in total. The number of piperidine rings is 1. The van der Waals surface area contributed by atoms with Crippen LogP contribution in [0.5, 0.6) is 0 Å². The van der Waals surface area contributed by atoms with Gasteiger partial charge in [0.2, 0.25) is 0 Å². The van der Waals surface area contributed by atoms with Crippen molar-refractivity contribution in [3.63, 3.8) is 0 Å². The summed E-state index contributed by atoms with van der Waals surface area (Å²) in [5.74, 6) is -0.892. The van der Waals surface area contributed by atoms with Crippen LogP contribution in [0.1, 0.15) is 41.2 Å². The number of carbonyl (C=O) groups excluding carboxylic acids is 1. The molecule has 0 amide bonds. The van der Waals surface area contributed by atoms with Crippen LogP contribution in [0.4, 0.5) is 0 Å². The predicted octanol–water partition coefficient (Wildman–Crippen LogP) is 1.84. The summed E-state index contributed by atoms with van der Waals surface area (Å²) >= 11 is 1.59. The molecule has 1 aliphatic heterocycles. The molecule has 1 saturated heterocycles. The van der Waals surface area contributed by atoms with Gasteiger partial charge in [-0.1, -0.05) is 18.2 Å². The number of nitrogens with zero attached hydrogens (tertiary/aromatic N) is 1. The lowest BCUT2D eigenvalue weighted by Crippen LogP contribution is -2.39. The van der Waals surface area contributed by atoms with Gasteiger partial charge in [-0.25, -0.2) is 9.59 Å². The molecule has 0 saturated carbocycles. The number of carboxylic acid groups (broad SMARTS) is 1. The van der Waals surface area contributed by atoms with E-state index >= 15 is 0 Å². The molecule has 0 radical (unpaired) electrons. The standard InChI is InChI=1S/C19H25N3O4S/c1-27-11-8-14(20)19(25)26-22-15-5-3-2-4-13(15)16(17(22)18(23)24)12-6-9-21-10-7-12/h2-5,12,14,21H,6-11,20H2,1H3,(H,23,24). The third-order valence-corrected chi connectivity index (χ3v) is 5.58. The van der Waals surface area contributed by atoms with Gasteiger partial charge < -0.3 is 21.0 Å². The fourth-order valence-corrected chi connectivity index (χ4v) is 4.07. The first-order valence-corrected chi connectivity index (χ1v) is 10.5. The first kappa shape index (κ1) is 19.7. The Kier molecular flexibility index (Phi) is 6.41. The largest absolute Gasteiger partial charge is 0.476 e. The lowest BCUT2D eigenvalue weighted by Gasteiger charge is -2.23. The molecule has 1 aliphatic rings. The maximum absolute atomic E-state index is 12.4. The number of hydrogen-bond donors (Lipinski definition) is 3. The lowest BCUT2D eigenvalue weighted by atomic mass is 9.88. The Morgan fingerprint density at radius 1 is 1.37 bits per heavy atom. The van der Waals surface area contributed by atoms with Gasteiger partial charge in [-0.15, -0.1) is 0 Å². The summed E-state index contributed by atoms with van der Waals surface area (Å²) in [7, 11) is 0. The van der Waals surface area contributed by atoms with Crippen LogP contribution < -0.4 is 15.9 Å². The number of fused-ring (bicyclic) bond motifs is 1. The summed E-state index contributed by atoms with van der Waals surface area (Å²) in [5, 5.41) is 14.0. The highest BCUT2D eigenvalue weighted by atomic mass is 32.2. The molecule has 2 heterocycles. The molecule has 8 heteroatoms. The molecule has 27 heavy (non-hydrogen) atoms. The van der Waals surface area contributed by atoms with E-state index in [4.69, 9.17) is 10.6 Å². The number of para-hydroxylation sites is 1. The normalized spacial score (nSPS) is 16.4. The average molecular weight is 391 g/mol. The van der Waals surface area contributed by atoms with E-state index in [1.54, 1.807) is 23.9 Å². The summed E-state index contributed by atoms with van der Waals surface area (Å²) < 4.78 is 1.16. The Morgan fingerprint density at radius 2 is 2.07 bits per heavy atom. The van der Waals surface area contributed by atoms with Crippen LogP contribution in [0.2, 0.25) is 0 Å². The minimum atomic E-state index is -1.11. The zero-order valence-corrected chi connectivity index (χ0v) is 16.1. The van der Waals surface area contributed by atoms with Gasteiger partial charge in [0.05, 0.1) is 5.52 Å². The van der Waals surface area contributed by atoms with Crippen molar-refractivity contribution >= 4 is 34.6 Å². The highest BCUT2D eigenvalue weighted by Gasteiger charge is 2.31. The summed E-state index contributed by atoms with van der Waals surface area (Å²) in [6.07, 6.45) is 4.10. The summed E-state index contributed by atoms with van der Waals surface area (Å²) in [4.78, 5) is 30.1. The maximum atomic E-state index is 12.4. The van der Waals surface area contributed by atoms with E-state index in [0.29, 0.717) is 11.9 Å². The minimum absolute atomic E-state index is 0.0218. The third kappa shape index (κ3) is 4.12. The highest BCUT2D eigenvalue weighted by Crippen LogP contribution is 2.36. The van der Waals surface area contributed by atoms with Crippen LogP contribution in [0.3, 0.4) is 0 Å². The van der Waals surface area contributed by atoms with Crippen LogP contribution >= 0.6 is 11.8 Å². The highest BCUT2D eigenvalue weighted by molar-refractivity contribution is 7.98. The number of carbonyl (C=O) groups is 2. The van der Waals surface area contributed by atoms with Crippen molar-refractivity contribution in [2.24, 2.45) is 5.73 Å². The second kappa shape index (κ2) is 8.77. The first-order chi connectivity index (χ1) is 13.0. The zero-order chi connectivity index (χ0) is 19.4. The Balaban J connectivity index is 2.04. The number of carboxylic acids is 1. The molecule has 1 aromatic heterocycles. The van der Waals surface area contributed by atoms with Crippen LogP contribution in [-0.2, 0) is 4.79 Å². The molecule has 1 aromatic carbocycles. The zero-order valence-electron chi connectivity index (χ0n) is 15.3. The van der Waals surface area contributed by atoms with Crippen LogP contribution in [0.25, 0.3) is 10.9 Å². The van der Waals surface area contributed by atoms with E-state index in [9.17, 15) is 14.7 Å².